The van der Waals surface area contributed by atoms with Crippen LogP contribution < -0.4 is 0 Å². The molecule has 3 aromatic rings. The molecule has 2 bridgehead atoms. The van der Waals surface area contributed by atoms with Crippen LogP contribution in [0.4, 0.5) is 0 Å². The summed E-state index contributed by atoms with van der Waals surface area (Å²) in [5.41, 5.74) is 3.99. The second-order valence-electron chi connectivity index (χ2n) is 8.28. The van der Waals surface area contributed by atoms with Gasteiger partial charge in [0.25, 0.3) is 0 Å². The Bertz CT molecular complexity index is 1050. The molecule has 1 aromatic carbocycles. The Labute approximate surface area is 157 Å². The molecule has 7 rings (SSSR count). The van der Waals surface area contributed by atoms with Gasteiger partial charge in [0.1, 0.15) is 0 Å². The zero-order chi connectivity index (χ0) is 17.8. The highest BCUT2D eigenvalue weighted by Gasteiger charge is 2.82. The van der Waals surface area contributed by atoms with Gasteiger partial charge in [0, 0.05) is 12.1 Å². The smallest absolute Gasteiger partial charge is 0.153 e. The van der Waals surface area contributed by atoms with E-state index in [1.165, 1.54) is 22.5 Å². The zero-order valence-electron chi connectivity index (χ0n) is 15.7. The molecular weight excluding hydrogens is 340 g/mol. The highest BCUT2D eigenvalue weighted by molar-refractivity contribution is 7.15. The summed E-state index contributed by atoms with van der Waals surface area (Å²) in [5, 5.41) is 1.14. The average Bonchev–Trinajstić information content (AvgIpc) is 2.98. The summed E-state index contributed by atoms with van der Waals surface area (Å²) in [6.07, 6.45) is 2.31. The number of aryl methyl sites for hydroxylation is 2. The third-order valence-electron chi connectivity index (χ3n) is 7.31. The minimum atomic E-state index is 0.383. The number of rotatable bonds is 3. The first-order valence-corrected chi connectivity index (χ1v) is 10.6. The van der Waals surface area contributed by atoms with E-state index >= 15 is 0 Å². The predicted octanol–water partition coefficient (Wildman–Crippen LogP) is 4.44. The maximum Gasteiger partial charge on any atom is 0.153 e. The van der Waals surface area contributed by atoms with Gasteiger partial charge in [-0.25, -0.2) is 9.97 Å². The second-order valence-corrected chi connectivity index (χ2v) is 9.49. The third kappa shape index (κ3) is 1.57. The van der Waals surface area contributed by atoms with E-state index in [-0.39, 0.29) is 0 Å². The minimum absolute atomic E-state index is 0.383. The number of benzene rings is 1. The molecule has 3 aliphatic heterocycles. The molecule has 1 saturated carbocycles. The summed E-state index contributed by atoms with van der Waals surface area (Å²) >= 11 is 1.80. The third-order valence-corrected chi connectivity index (χ3v) is 8.32. The van der Waals surface area contributed by atoms with E-state index in [4.69, 9.17) is 9.97 Å². The van der Waals surface area contributed by atoms with E-state index in [1.54, 1.807) is 11.3 Å². The summed E-state index contributed by atoms with van der Waals surface area (Å²) < 4.78 is 2.59. The van der Waals surface area contributed by atoms with Crippen LogP contribution >= 0.6 is 11.3 Å². The number of imidazole rings is 1. The van der Waals surface area contributed by atoms with Gasteiger partial charge < -0.3 is 4.57 Å². The standard InChI is InChI=1S/C21H24N4S/c1-5-15-18(26-13(4)22-15)20-23-16-8-6-7-9-17(16)24(20)19-14-10-21(19)12(3)25(21)11(14)2/h6-9,11-12,14,19H,5,10H2,1-4H3/t11?,12?,14?,19-,21?,25?/m1/s1. The van der Waals surface area contributed by atoms with Crippen LogP contribution in [0.25, 0.3) is 21.7 Å². The van der Waals surface area contributed by atoms with Crippen molar-refractivity contribution in [2.24, 2.45) is 5.92 Å². The predicted molar refractivity (Wildman–Crippen MR) is 106 cm³/mol. The van der Waals surface area contributed by atoms with Crippen molar-refractivity contribution >= 4 is 22.4 Å². The molecule has 0 amide bonds. The number of para-hydroxylation sites is 2. The Kier molecular flexibility index (Phi) is 2.81. The molecule has 6 atom stereocenters. The van der Waals surface area contributed by atoms with Crippen LogP contribution in [0.15, 0.2) is 24.3 Å². The lowest BCUT2D eigenvalue weighted by Gasteiger charge is -2.43. The molecule has 1 spiro atoms. The fourth-order valence-electron chi connectivity index (χ4n) is 6.18. The number of aromatic nitrogens is 3. The number of hydrogen-bond donors (Lipinski definition) is 0. The van der Waals surface area contributed by atoms with Gasteiger partial charge in [-0.15, -0.1) is 11.3 Å². The number of hydrogen-bond acceptors (Lipinski definition) is 4. The second kappa shape index (κ2) is 4.76. The van der Waals surface area contributed by atoms with Crippen LogP contribution in [0.2, 0.25) is 0 Å². The van der Waals surface area contributed by atoms with Crippen molar-refractivity contribution in [1.29, 1.82) is 0 Å². The number of nitrogens with zero attached hydrogens (tertiary/aromatic N) is 4. The van der Waals surface area contributed by atoms with Crippen molar-refractivity contribution in [3.8, 4) is 10.7 Å². The topological polar surface area (TPSA) is 33.7 Å². The molecule has 4 aliphatic rings. The lowest BCUT2D eigenvalue weighted by Crippen LogP contribution is -2.46. The van der Waals surface area contributed by atoms with E-state index in [1.807, 2.05) is 0 Å². The van der Waals surface area contributed by atoms with Crippen LogP contribution in [0.5, 0.6) is 0 Å². The monoisotopic (exact) mass is 364 g/mol. The van der Waals surface area contributed by atoms with Crippen LogP contribution in [0, 0.1) is 12.8 Å². The van der Waals surface area contributed by atoms with Gasteiger partial charge >= 0.3 is 0 Å². The molecule has 5 unspecified atom stereocenters. The molecule has 5 heteroatoms. The van der Waals surface area contributed by atoms with Gasteiger partial charge in [-0.1, -0.05) is 19.1 Å². The van der Waals surface area contributed by atoms with Gasteiger partial charge in [-0.3, -0.25) is 4.90 Å². The summed E-state index contributed by atoms with van der Waals surface area (Å²) in [7, 11) is 0. The van der Waals surface area contributed by atoms with Crippen molar-refractivity contribution < 1.29 is 0 Å². The molecular formula is C21H24N4S. The Balaban J connectivity index is 1.62. The molecule has 0 N–H and O–H groups in total. The van der Waals surface area contributed by atoms with Crippen LogP contribution in [0.1, 0.15) is 43.9 Å². The van der Waals surface area contributed by atoms with Crippen LogP contribution in [-0.2, 0) is 6.42 Å². The van der Waals surface area contributed by atoms with Crippen molar-refractivity contribution in [2.75, 3.05) is 0 Å². The van der Waals surface area contributed by atoms with Gasteiger partial charge in [0.05, 0.1) is 38.2 Å². The van der Waals surface area contributed by atoms with E-state index in [9.17, 15) is 0 Å². The van der Waals surface area contributed by atoms with Crippen molar-refractivity contribution in [3.05, 3.63) is 35.0 Å². The summed E-state index contributed by atoms with van der Waals surface area (Å²) in [6, 6.07) is 10.6. The van der Waals surface area contributed by atoms with Gasteiger partial charge in [-0.2, -0.15) is 0 Å². The zero-order valence-corrected chi connectivity index (χ0v) is 16.5. The van der Waals surface area contributed by atoms with Crippen molar-refractivity contribution in [1.82, 2.24) is 19.4 Å². The number of fused-ring (bicyclic) bond motifs is 1. The lowest BCUT2D eigenvalue weighted by molar-refractivity contribution is 0.158. The van der Waals surface area contributed by atoms with E-state index in [2.05, 4.69) is 61.4 Å². The average molecular weight is 365 g/mol. The van der Waals surface area contributed by atoms with E-state index in [0.717, 1.165) is 28.7 Å². The summed E-state index contributed by atoms with van der Waals surface area (Å²) in [4.78, 5) is 13.9. The van der Waals surface area contributed by atoms with Gasteiger partial charge in [0.2, 0.25) is 0 Å². The first-order chi connectivity index (χ1) is 12.6. The molecule has 4 fully saturated rings. The van der Waals surface area contributed by atoms with Crippen LogP contribution in [-0.4, -0.2) is 37.1 Å². The number of piperidine rings is 2. The molecule has 4 nitrogen and oxygen atoms in total. The van der Waals surface area contributed by atoms with Gasteiger partial charge in [-0.05, 0) is 51.7 Å². The van der Waals surface area contributed by atoms with Gasteiger partial charge in [0.15, 0.2) is 5.82 Å². The fraction of sp³-hybridized carbons (Fsp3) is 0.524. The molecule has 5 heterocycles. The summed E-state index contributed by atoms with van der Waals surface area (Å²) in [6.45, 7) is 9.14. The molecule has 26 heavy (non-hydrogen) atoms. The molecule has 0 radical (unpaired) electrons. The Morgan fingerprint density at radius 3 is 2.73 bits per heavy atom. The Morgan fingerprint density at radius 2 is 2.04 bits per heavy atom. The Morgan fingerprint density at radius 1 is 1.23 bits per heavy atom. The number of thiazole rings is 1. The maximum atomic E-state index is 5.12. The lowest BCUT2D eigenvalue weighted by atomic mass is 9.67. The fourth-order valence-corrected chi connectivity index (χ4v) is 7.18. The largest absolute Gasteiger partial charge is 0.318 e. The normalized spacial score (nSPS) is 37.0. The summed E-state index contributed by atoms with van der Waals surface area (Å²) in [5.74, 6) is 1.90. The molecule has 3 saturated heterocycles. The van der Waals surface area contributed by atoms with E-state index in [0.29, 0.717) is 23.7 Å². The highest BCUT2D eigenvalue weighted by Crippen LogP contribution is 2.74. The van der Waals surface area contributed by atoms with E-state index < -0.39 is 0 Å². The first kappa shape index (κ1) is 15.3. The first-order valence-electron chi connectivity index (χ1n) is 9.80. The SMILES string of the molecule is CCc1nc(C)sc1-c1nc2ccccc2n1[C@@H]1C2CC13C(C)N3C2C. The van der Waals surface area contributed by atoms with Crippen molar-refractivity contribution in [3.63, 3.8) is 0 Å². The maximum absolute atomic E-state index is 5.12. The highest BCUT2D eigenvalue weighted by atomic mass is 32.1. The molecule has 1 aliphatic carbocycles. The Hall–Kier alpha value is -1.72. The molecule has 134 valence electrons. The van der Waals surface area contributed by atoms with Crippen molar-refractivity contribution in [2.45, 2.75) is 64.2 Å². The van der Waals surface area contributed by atoms with Crippen LogP contribution in [0.3, 0.4) is 0 Å². The molecule has 2 aromatic heterocycles. The minimum Gasteiger partial charge on any atom is -0.318 e. The quantitative estimate of drug-likeness (QED) is 0.645.